The topological polar surface area (TPSA) is 99.2 Å². The smallest absolute Gasteiger partial charge is 0.164 e. The monoisotopic (exact) mass is 349 g/mol. The van der Waals surface area contributed by atoms with Crippen molar-refractivity contribution in [2.45, 2.75) is 26.4 Å². The Bertz CT molecular complexity index is 1040. The molecule has 0 spiro atoms. The van der Waals surface area contributed by atoms with E-state index in [1.165, 1.54) is 0 Å². The second-order valence-electron chi connectivity index (χ2n) is 5.94. The van der Waals surface area contributed by atoms with Crippen LogP contribution in [0, 0.1) is 0 Å². The summed E-state index contributed by atoms with van der Waals surface area (Å²) in [7, 11) is 1.87. The van der Waals surface area contributed by atoms with Crippen molar-refractivity contribution in [1.82, 2.24) is 39.5 Å². The second-order valence-corrected chi connectivity index (χ2v) is 5.94. The quantitative estimate of drug-likeness (QED) is 0.589. The van der Waals surface area contributed by atoms with Crippen LogP contribution in [0.15, 0.2) is 37.1 Å². The Hall–Kier alpha value is -3.36. The highest BCUT2D eigenvalue weighted by Crippen LogP contribution is 2.27. The molecule has 4 aromatic heterocycles. The fourth-order valence-corrected chi connectivity index (χ4v) is 2.88. The number of nitrogens with zero attached hydrogens (tertiary/aromatic N) is 8. The highest BCUT2D eigenvalue weighted by molar-refractivity contribution is 5.88. The van der Waals surface area contributed by atoms with E-state index in [1.807, 2.05) is 37.7 Å². The molecule has 0 aliphatic heterocycles. The van der Waals surface area contributed by atoms with Gasteiger partial charge in [-0.25, -0.2) is 19.6 Å². The SMILES string of the molecule is CCn1ncnc1C(C)Nc1nc(-c2ccncc2)nc2c1cnn2C. The zero-order valence-electron chi connectivity index (χ0n) is 14.8. The third-order valence-corrected chi connectivity index (χ3v) is 4.22. The Morgan fingerprint density at radius 3 is 2.73 bits per heavy atom. The van der Waals surface area contributed by atoms with E-state index >= 15 is 0 Å². The number of hydrogen-bond acceptors (Lipinski definition) is 7. The van der Waals surface area contributed by atoms with Crippen LogP contribution in [0.2, 0.25) is 0 Å². The Balaban J connectivity index is 1.78. The first kappa shape index (κ1) is 16.1. The lowest BCUT2D eigenvalue weighted by Crippen LogP contribution is -2.15. The van der Waals surface area contributed by atoms with Crippen LogP contribution in [0.25, 0.3) is 22.4 Å². The van der Waals surface area contributed by atoms with E-state index in [9.17, 15) is 0 Å². The third kappa shape index (κ3) is 2.77. The molecule has 0 aliphatic carbocycles. The van der Waals surface area contributed by atoms with Crippen molar-refractivity contribution in [3.63, 3.8) is 0 Å². The molecule has 1 atom stereocenters. The molecule has 0 saturated carbocycles. The molecule has 4 rings (SSSR count). The number of anilines is 1. The van der Waals surface area contributed by atoms with Gasteiger partial charge in [0.05, 0.1) is 17.6 Å². The molecule has 0 fully saturated rings. The van der Waals surface area contributed by atoms with Crippen LogP contribution in [-0.4, -0.2) is 39.5 Å². The van der Waals surface area contributed by atoms with Crippen molar-refractivity contribution in [2.24, 2.45) is 7.05 Å². The van der Waals surface area contributed by atoms with Crippen LogP contribution >= 0.6 is 0 Å². The van der Waals surface area contributed by atoms with Crippen molar-refractivity contribution in [3.05, 3.63) is 42.9 Å². The molecule has 0 radical (unpaired) electrons. The molecule has 26 heavy (non-hydrogen) atoms. The lowest BCUT2D eigenvalue weighted by molar-refractivity contribution is 0.592. The Morgan fingerprint density at radius 2 is 1.96 bits per heavy atom. The first-order chi connectivity index (χ1) is 12.7. The molecular formula is C17H19N9. The van der Waals surface area contributed by atoms with Crippen molar-refractivity contribution in [1.29, 1.82) is 0 Å². The van der Waals surface area contributed by atoms with E-state index in [4.69, 9.17) is 4.98 Å². The summed E-state index contributed by atoms with van der Waals surface area (Å²) in [6, 6.07) is 3.71. The first-order valence-electron chi connectivity index (χ1n) is 8.41. The Morgan fingerprint density at radius 1 is 1.15 bits per heavy atom. The normalized spacial score (nSPS) is 12.4. The molecule has 0 aliphatic rings. The van der Waals surface area contributed by atoms with Crippen molar-refractivity contribution in [3.8, 4) is 11.4 Å². The van der Waals surface area contributed by atoms with Gasteiger partial charge in [0.15, 0.2) is 11.5 Å². The average Bonchev–Trinajstić information content (AvgIpc) is 3.29. The van der Waals surface area contributed by atoms with Gasteiger partial charge in [-0.2, -0.15) is 10.2 Å². The number of hydrogen-bond donors (Lipinski definition) is 1. The van der Waals surface area contributed by atoms with Crippen LogP contribution in [0.3, 0.4) is 0 Å². The van der Waals surface area contributed by atoms with Gasteiger partial charge in [0, 0.05) is 31.5 Å². The lowest BCUT2D eigenvalue weighted by Gasteiger charge is -2.16. The second kappa shape index (κ2) is 6.51. The van der Waals surface area contributed by atoms with Gasteiger partial charge in [-0.15, -0.1) is 0 Å². The molecule has 132 valence electrons. The maximum atomic E-state index is 4.73. The molecule has 0 saturated heterocycles. The summed E-state index contributed by atoms with van der Waals surface area (Å²) in [5.74, 6) is 2.19. The molecule has 4 heterocycles. The van der Waals surface area contributed by atoms with Gasteiger partial charge in [0.2, 0.25) is 0 Å². The predicted molar refractivity (Wildman–Crippen MR) is 97.3 cm³/mol. The van der Waals surface area contributed by atoms with Gasteiger partial charge in [-0.05, 0) is 26.0 Å². The molecule has 0 amide bonds. The van der Waals surface area contributed by atoms with E-state index in [0.717, 1.165) is 29.0 Å². The van der Waals surface area contributed by atoms with Gasteiger partial charge >= 0.3 is 0 Å². The van der Waals surface area contributed by atoms with Gasteiger partial charge in [0.1, 0.15) is 18.0 Å². The lowest BCUT2D eigenvalue weighted by atomic mass is 10.2. The maximum Gasteiger partial charge on any atom is 0.164 e. The third-order valence-electron chi connectivity index (χ3n) is 4.22. The minimum absolute atomic E-state index is 0.0685. The summed E-state index contributed by atoms with van der Waals surface area (Å²) < 4.78 is 3.61. The number of fused-ring (bicyclic) bond motifs is 1. The van der Waals surface area contributed by atoms with E-state index < -0.39 is 0 Å². The Labute approximate surface area is 150 Å². The van der Waals surface area contributed by atoms with Crippen LogP contribution in [0.4, 0.5) is 5.82 Å². The minimum atomic E-state index is -0.0685. The van der Waals surface area contributed by atoms with Crippen LogP contribution in [0.1, 0.15) is 25.7 Å². The summed E-state index contributed by atoms with van der Waals surface area (Å²) in [6.07, 6.45) is 6.79. The predicted octanol–water partition coefficient (Wildman–Crippen LogP) is 2.21. The van der Waals surface area contributed by atoms with Gasteiger partial charge in [-0.3, -0.25) is 9.67 Å². The fraction of sp³-hybridized carbons (Fsp3) is 0.294. The number of aryl methyl sites for hydroxylation is 2. The highest BCUT2D eigenvalue weighted by Gasteiger charge is 2.17. The standard InChI is InChI=1S/C17H19N9/c1-4-26-16(19-10-21-26)11(2)22-15-13-9-20-25(3)17(13)24-14(23-15)12-5-7-18-8-6-12/h5-11H,4H2,1-3H3,(H,22,23,24). The molecule has 4 aromatic rings. The minimum Gasteiger partial charge on any atom is -0.360 e. The average molecular weight is 349 g/mol. The molecular weight excluding hydrogens is 330 g/mol. The molecule has 9 nitrogen and oxygen atoms in total. The summed E-state index contributed by atoms with van der Waals surface area (Å²) in [6.45, 7) is 4.83. The van der Waals surface area contributed by atoms with Crippen molar-refractivity contribution < 1.29 is 0 Å². The number of rotatable bonds is 5. The zero-order valence-corrected chi connectivity index (χ0v) is 14.8. The van der Waals surface area contributed by atoms with E-state index in [1.54, 1.807) is 29.6 Å². The summed E-state index contributed by atoms with van der Waals surface area (Å²) >= 11 is 0. The molecule has 1 unspecified atom stereocenters. The fourth-order valence-electron chi connectivity index (χ4n) is 2.88. The largest absolute Gasteiger partial charge is 0.360 e. The summed E-state index contributed by atoms with van der Waals surface area (Å²) in [4.78, 5) is 17.8. The van der Waals surface area contributed by atoms with Crippen LogP contribution in [-0.2, 0) is 13.6 Å². The number of aromatic nitrogens is 8. The van der Waals surface area contributed by atoms with Gasteiger partial charge < -0.3 is 5.32 Å². The highest BCUT2D eigenvalue weighted by atomic mass is 15.3. The van der Waals surface area contributed by atoms with Crippen molar-refractivity contribution in [2.75, 3.05) is 5.32 Å². The number of pyridine rings is 1. The molecule has 9 heteroatoms. The van der Waals surface area contributed by atoms with Crippen LogP contribution < -0.4 is 5.32 Å². The van der Waals surface area contributed by atoms with E-state index in [2.05, 4.69) is 30.5 Å². The zero-order chi connectivity index (χ0) is 18.1. The molecule has 0 bridgehead atoms. The molecule has 0 aromatic carbocycles. The maximum absolute atomic E-state index is 4.73. The van der Waals surface area contributed by atoms with E-state index in [0.29, 0.717) is 11.6 Å². The number of nitrogens with one attached hydrogen (secondary N) is 1. The van der Waals surface area contributed by atoms with Gasteiger partial charge in [-0.1, -0.05) is 0 Å². The summed E-state index contributed by atoms with van der Waals surface area (Å²) in [5.41, 5.74) is 1.66. The Kier molecular flexibility index (Phi) is 4.04. The van der Waals surface area contributed by atoms with Crippen LogP contribution in [0.5, 0.6) is 0 Å². The molecule has 1 N–H and O–H groups in total. The van der Waals surface area contributed by atoms with Crippen molar-refractivity contribution >= 4 is 16.9 Å². The van der Waals surface area contributed by atoms with Gasteiger partial charge in [0.25, 0.3) is 0 Å². The summed E-state index contributed by atoms with van der Waals surface area (Å²) in [5, 5.41) is 12.9. The first-order valence-corrected chi connectivity index (χ1v) is 8.41. The van der Waals surface area contributed by atoms with E-state index in [-0.39, 0.29) is 6.04 Å².